The van der Waals surface area contributed by atoms with Gasteiger partial charge in [0.15, 0.2) is 0 Å². The topological polar surface area (TPSA) is 33.1 Å². The van der Waals surface area contributed by atoms with Crippen LogP contribution in [0.15, 0.2) is 42.6 Å². The van der Waals surface area contributed by atoms with Crippen LogP contribution in [0.3, 0.4) is 0 Å². The standard InChI is InChI=1S/C14H13ClINO/c15-12-5-3-10(4-6-12)14(18)8-13-11(9-16)2-1-7-17-13/h1-7,14,18H,8-9H2. The number of hydrogen-bond donors (Lipinski definition) is 1. The second-order valence-electron chi connectivity index (χ2n) is 4.01. The van der Waals surface area contributed by atoms with Gasteiger partial charge in [-0.2, -0.15) is 0 Å². The summed E-state index contributed by atoms with van der Waals surface area (Å²) in [5.41, 5.74) is 2.99. The van der Waals surface area contributed by atoms with Crippen molar-refractivity contribution >= 4 is 34.2 Å². The van der Waals surface area contributed by atoms with Gasteiger partial charge in [0, 0.05) is 27.8 Å². The lowest BCUT2D eigenvalue weighted by molar-refractivity contribution is 0.177. The third-order valence-corrected chi connectivity index (χ3v) is 3.84. The number of hydrogen-bond acceptors (Lipinski definition) is 2. The predicted octanol–water partition coefficient (Wildman–Crippen LogP) is 3.95. The average Bonchev–Trinajstić information content (AvgIpc) is 2.40. The summed E-state index contributed by atoms with van der Waals surface area (Å²) in [7, 11) is 0. The smallest absolute Gasteiger partial charge is 0.0845 e. The molecule has 1 heterocycles. The molecule has 4 heteroatoms. The van der Waals surface area contributed by atoms with Crippen molar-refractivity contribution in [3.05, 3.63) is 64.4 Å². The van der Waals surface area contributed by atoms with Crippen molar-refractivity contribution in [2.24, 2.45) is 0 Å². The maximum atomic E-state index is 10.2. The summed E-state index contributed by atoms with van der Waals surface area (Å²) in [4.78, 5) is 4.34. The van der Waals surface area contributed by atoms with Crippen molar-refractivity contribution in [2.75, 3.05) is 0 Å². The maximum Gasteiger partial charge on any atom is 0.0845 e. The predicted molar refractivity (Wildman–Crippen MR) is 82.1 cm³/mol. The number of nitrogens with zero attached hydrogens (tertiary/aromatic N) is 1. The Hall–Kier alpha value is -0.650. The number of benzene rings is 1. The number of aliphatic hydroxyl groups excluding tert-OH is 1. The highest BCUT2D eigenvalue weighted by molar-refractivity contribution is 14.1. The number of aliphatic hydroxyl groups is 1. The molecule has 18 heavy (non-hydrogen) atoms. The molecule has 0 radical (unpaired) electrons. The zero-order valence-corrected chi connectivity index (χ0v) is 12.6. The first-order valence-electron chi connectivity index (χ1n) is 5.63. The molecule has 1 N–H and O–H groups in total. The highest BCUT2D eigenvalue weighted by Crippen LogP contribution is 2.21. The Balaban J connectivity index is 2.15. The van der Waals surface area contributed by atoms with Gasteiger partial charge in [-0.05, 0) is 29.3 Å². The third kappa shape index (κ3) is 3.43. The first kappa shape index (κ1) is 13.8. The van der Waals surface area contributed by atoms with Crippen LogP contribution in [0.25, 0.3) is 0 Å². The molecule has 0 spiro atoms. The fourth-order valence-corrected chi connectivity index (χ4v) is 2.58. The molecule has 1 aromatic heterocycles. The van der Waals surface area contributed by atoms with E-state index < -0.39 is 6.10 Å². The van der Waals surface area contributed by atoms with Gasteiger partial charge in [0.1, 0.15) is 0 Å². The molecule has 1 unspecified atom stereocenters. The van der Waals surface area contributed by atoms with Crippen molar-refractivity contribution in [3.63, 3.8) is 0 Å². The largest absolute Gasteiger partial charge is 0.388 e. The van der Waals surface area contributed by atoms with E-state index in [2.05, 4.69) is 27.6 Å². The lowest BCUT2D eigenvalue weighted by atomic mass is 10.0. The van der Waals surface area contributed by atoms with E-state index in [0.717, 1.165) is 15.7 Å². The summed E-state index contributed by atoms with van der Waals surface area (Å²) in [5.74, 6) is 0. The molecular weight excluding hydrogens is 361 g/mol. The second kappa shape index (κ2) is 6.50. The zero-order chi connectivity index (χ0) is 13.0. The lowest BCUT2D eigenvalue weighted by Gasteiger charge is -2.12. The first-order valence-corrected chi connectivity index (χ1v) is 7.53. The van der Waals surface area contributed by atoms with Crippen LogP contribution in [0.5, 0.6) is 0 Å². The maximum absolute atomic E-state index is 10.2. The molecule has 0 aliphatic rings. The molecule has 0 amide bonds. The van der Waals surface area contributed by atoms with Crippen LogP contribution < -0.4 is 0 Å². The molecule has 2 rings (SSSR count). The van der Waals surface area contributed by atoms with Crippen LogP contribution in [0.1, 0.15) is 22.9 Å². The van der Waals surface area contributed by atoms with Gasteiger partial charge in [-0.3, -0.25) is 4.98 Å². The van der Waals surface area contributed by atoms with E-state index in [9.17, 15) is 5.11 Å². The summed E-state index contributed by atoms with van der Waals surface area (Å²) < 4.78 is 0.897. The molecule has 2 nitrogen and oxygen atoms in total. The monoisotopic (exact) mass is 373 g/mol. The minimum atomic E-state index is -0.543. The van der Waals surface area contributed by atoms with Crippen molar-refractivity contribution < 1.29 is 5.11 Å². The van der Waals surface area contributed by atoms with E-state index in [-0.39, 0.29) is 0 Å². The van der Waals surface area contributed by atoms with Crippen molar-refractivity contribution in [3.8, 4) is 0 Å². The van der Waals surface area contributed by atoms with E-state index >= 15 is 0 Å². The molecule has 0 saturated carbocycles. The number of halogens is 2. The molecule has 2 aromatic rings. The van der Waals surface area contributed by atoms with Crippen molar-refractivity contribution in [1.29, 1.82) is 0 Å². The molecule has 0 aliphatic heterocycles. The SMILES string of the molecule is OC(Cc1ncccc1CI)c1ccc(Cl)cc1. The fourth-order valence-electron chi connectivity index (χ4n) is 1.76. The number of rotatable bonds is 4. The van der Waals surface area contributed by atoms with E-state index in [1.807, 2.05) is 24.3 Å². The van der Waals surface area contributed by atoms with E-state index in [1.54, 1.807) is 18.3 Å². The minimum Gasteiger partial charge on any atom is -0.388 e. The highest BCUT2D eigenvalue weighted by atomic mass is 127. The van der Waals surface area contributed by atoms with Crippen molar-refractivity contribution in [2.45, 2.75) is 17.0 Å². The summed E-state index contributed by atoms with van der Waals surface area (Å²) in [5, 5.41) is 10.9. The Morgan fingerprint density at radius 3 is 2.61 bits per heavy atom. The van der Waals surface area contributed by atoms with E-state index in [1.165, 1.54) is 5.56 Å². The second-order valence-corrected chi connectivity index (χ2v) is 5.21. The number of alkyl halides is 1. The van der Waals surface area contributed by atoms with E-state index in [4.69, 9.17) is 11.6 Å². The average molecular weight is 374 g/mol. The minimum absolute atomic E-state index is 0.529. The summed E-state index contributed by atoms with van der Waals surface area (Å²) in [6.07, 6.45) is 1.75. The normalized spacial score (nSPS) is 12.4. The van der Waals surface area contributed by atoms with Gasteiger partial charge >= 0.3 is 0 Å². The van der Waals surface area contributed by atoms with E-state index in [0.29, 0.717) is 11.4 Å². The van der Waals surface area contributed by atoms with Crippen LogP contribution >= 0.6 is 34.2 Å². The number of aromatic nitrogens is 1. The van der Waals surface area contributed by atoms with Gasteiger partial charge in [-0.15, -0.1) is 0 Å². The Morgan fingerprint density at radius 2 is 1.94 bits per heavy atom. The van der Waals surface area contributed by atoms with Gasteiger partial charge in [0.05, 0.1) is 6.10 Å². The zero-order valence-electron chi connectivity index (χ0n) is 9.68. The Kier molecular flexibility index (Phi) is 4.97. The lowest BCUT2D eigenvalue weighted by Crippen LogP contribution is -2.05. The fraction of sp³-hybridized carbons (Fsp3) is 0.214. The summed E-state index contributed by atoms with van der Waals surface area (Å²) in [6, 6.07) is 11.2. The van der Waals surface area contributed by atoms with Crippen LogP contribution in [0.2, 0.25) is 5.02 Å². The van der Waals surface area contributed by atoms with Crippen LogP contribution in [0.4, 0.5) is 0 Å². The summed E-state index contributed by atoms with van der Waals surface area (Å²) >= 11 is 8.13. The molecule has 1 aromatic carbocycles. The molecule has 1 atom stereocenters. The Labute approximate surface area is 125 Å². The quantitative estimate of drug-likeness (QED) is 0.650. The number of pyridine rings is 1. The molecule has 0 aliphatic carbocycles. The van der Waals surface area contributed by atoms with Gasteiger partial charge in [0.2, 0.25) is 0 Å². The molecule has 0 fully saturated rings. The van der Waals surface area contributed by atoms with Crippen LogP contribution in [-0.4, -0.2) is 10.1 Å². The Bertz CT molecular complexity index is 515. The van der Waals surface area contributed by atoms with Crippen LogP contribution in [0, 0.1) is 0 Å². The molecule has 94 valence electrons. The van der Waals surface area contributed by atoms with Gasteiger partial charge < -0.3 is 5.11 Å². The van der Waals surface area contributed by atoms with Crippen molar-refractivity contribution in [1.82, 2.24) is 4.98 Å². The van der Waals surface area contributed by atoms with Crippen LogP contribution in [-0.2, 0) is 10.8 Å². The highest BCUT2D eigenvalue weighted by Gasteiger charge is 2.11. The summed E-state index contributed by atoms with van der Waals surface area (Å²) in [6.45, 7) is 0. The Morgan fingerprint density at radius 1 is 1.22 bits per heavy atom. The first-order chi connectivity index (χ1) is 8.70. The van der Waals surface area contributed by atoms with Gasteiger partial charge in [-0.1, -0.05) is 52.4 Å². The molecule has 0 bridgehead atoms. The molecular formula is C14H13ClINO. The van der Waals surface area contributed by atoms with Gasteiger partial charge in [0.25, 0.3) is 0 Å². The third-order valence-electron chi connectivity index (χ3n) is 2.77. The molecule has 0 saturated heterocycles. The van der Waals surface area contributed by atoms with Gasteiger partial charge in [-0.25, -0.2) is 0 Å².